The van der Waals surface area contributed by atoms with Gasteiger partial charge in [-0.2, -0.15) is 4.99 Å². The van der Waals surface area contributed by atoms with E-state index in [0.29, 0.717) is 11.3 Å². The van der Waals surface area contributed by atoms with Crippen LogP contribution in [-0.4, -0.2) is 33.7 Å². The number of carbonyl (C=O) groups is 3. The van der Waals surface area contributed by atoms with Crippen molar-refractivity contribution >= 4 is 29.1 Å². The molecule has 2 atom stereocenters. The molecule has 2 aliphatic rings. The molecule has 3 amide bonds. The predicted molar refractivity (Wildman–Crippen MR) is 105 cm³/mol. The summed E-state index contributed by atoms with van der Waals surface area (Å²) in [5.41, 5.74) is 1.13. The number of fused-ring (bicyclic) bond motifs is 1. The SMILES string of the molecule is O=C(CCN1C(=O)[C@H]2CCCC[C@H]2C1=O)N=c1sccn1Cc1ccccc1. The van der Waals surface area contributed by atoms with Crippen molar-refractivity contribution in [3.8, 4) is 0 Å². The zero-order valence-corrected chi connectivity index (χ0v) is 16.4. The summed E-state index contributed by atoms with van der Waals surface area (Å²) in [4.78, 5) is 43.5. The first kappa shape index (κ1) is 18.8. The van der Waals surface area contributed by atoms with Gasteiger partial charge in [0, 0.05) is 31.1 Å². The number of benzene rings is 1. The summed E-state index contributed by atoms with van der Waals surface area (Å²) in [5, 5.41) is 1.90. The van der Waals surface area contributed by atoms with Crippen molar-refractivity contribution in [3.05, 3.63) is 52.3 Å². The summed E-state index contributed by atoms with van der Waals surface area (Å²) in [6.07, 6.45) is 5.56. The molecule has 0 spiro atoms. The summed E-state index contributed by atoms with van der Waals surface area (Å²) < 4.78 is 1.93. The van der Waals surface area contributed by atoms with E-state index in [2.05, 4.69) is 4.99 Å². The Balaban J connectivity index is 1.41. The molecule has 1 aromatic heterocycles. The Morgan fingerprint density at radius 3 is 2.43 bits per heavy atom. The average Bonchev–Trinajstić information content (AvgIpc) is 3.24. The molecule has 0 radical (unpaired) electrons. The molecule has 1 saturated heterocycles. The Labute approximate surface area is 167 Å². The van der Waals surface area contributed by atoms with Gasteiger partial charge < -0.3 is 4.57 Å². The summed E-state index contributed by atoms with van der Waals surface area (Å²) in [6.45, 7) is 0.778. The maximum atomic E-state index is 12.5. The predicted octanol–water partition coefficient (Wildman–Crippen LogP) is 2.59. The van der Waals surface area contributed by atoms with Crippen LogP contribution in [0.3, 0.4) is 0 Å². The van der Waals surface area contributed by atoms with Gasteiger partial charge in [-0.3, -0.25) is 19.3 Å². The standard InChI is InChI=1S/C21H23N3O3S/c25-18(10-11-24-19(26)16-8-4-5-9-17(16)20(24)27)22-21-23(12-13-28-21)14-15-6-2-1-3-7-15/h1-3,6-7,12-13,16-17H,4-5,8-11,14H2/t16-,17+. The van der Waals surface area contributed by atoms with Crippen LogP contribution in [-0.2, 0) is 20.9 Å². The van der Waals surface area contributed by atoms with Gasteiger partial charge in [-0.05, 0) is 18.4 Å². The number of amides is 3. The number of thiazole rings is 1. The maximum Gasteiger partial charge on any atom is 0.250 e. The molecule has 2 heterocycles. The second-order valence-electron chi connectivity index (χ2n) is 7.38. The van der Waals surface area contributed by atoms with Crippen molar-refractivity contribution < 1.29 is 14.4 Å². The minimum Gasteiger partial charge on any atom is -0.319 e. The number of imide groups is 1. The molecule has 1 aliphatic carbocycles. The van der Waals surface area contributed by atoms with Gasteiger partial charge in [-0.25, -0.2) is 0 Å². The molecule has 0 bridgehead atoms. The highest BCUT2D eigenvalue weighted by Crippen LogP contribution is 2.37. The number of likely N-dealkylation sites (tertiary alicyclic amines) is 1. The third kappa shape index (κ3) is 3.85. The zero-order chi connectivity index (χ0) is 19.5. The molecule has 2 fully saturated rings. The monoisotopic (exact) mass is 397 g/mol. The van der Waals surface area contributed by atoms with Crippen LogP contribution < -0.4 is 4.80 Å². The van der Waals surface area contributed by atoms with E-state index in [0.717, 1.165) is 31.2 Å². The van der Waals surface area contributed by atoms with Crippen molar-refractivity contribution in [2.24, 2.45) is 16.8 Å². The van der Waals surface area contributed by atoms with Gasteiger partial charge in [0.15, 0.2) is 4.80 Å². The molecule has 1 saturated carbocycles. The van der Waals surface area contributed by atoms with Gasteiger partial charge in [0.05, 0.1) is 11.8 Å². The van der Waals surface area contributed by atoms with Crippen LogP contribution in [0.1, 0.15) is 37.7 Å². The number of hydrogen-bond acceptors (Lipinski definition) is 4. The molecule has 7 heteroatoms. The number of aromatic nitrogens is 1. The molecule has 6 nitrogen and oxygen atoms in total. The Kier molecular flexibility index (Phi) is 5.52. The molecular weight excluding hydrogens is 374 g/mol. The number of rotatable bonds is 5. The fourth-order valence-corrected chi connectivity index (χ4v) is 4.85. The van der Waals surface area contributed by atoms with E-state index in [1.54, 1.807) is 0 Å². The molecule has 4 rings (SSSR count). The summed E-state index contributed by atoms with van der Waals surface area (Å²) in [5.74, 6) is -0.840. The van der Waals surface area contributed by atoms with E-state index >= 15 is 0 Å². The van der Waals surface area contributed by atoms with Crippen LogP contribution >= 0.6 is 11.3 Å². The van der Waals surface area contributed by atoms with E-state index < -0.39 is 0 Å². The number of hydrogen-bond donors (Lipinski definition) is 0. The highest BCUT2D eigenvalue weighted by atomic mass is 32.1. The second kappa shape index (κ2) is 8.22. The first-order valence-corrected chi connectivity index (χ1v) is 10.6. The quantitative estimate of drug-likeness (QED) is 0.728. The summed E-state index contributed by atoms with van der Waals surface area (Å²) >= 11 is 1.40. The van der Waals surface area contributed by atoms with Gasteiger partial charge in [0.1, 0.15) is 0 Å². The Morgan fingerprint density at radius 1 is 1.07 bits per heavy atom. The van der Waals surface area contributed by atoms with Crippen LogP contribution in [0.2, 0.25) is 0 Å². The zero-order valence-electron chi connectivity index (χ0n) is 15.6. The van der Waals surface area contributed by atoms with Crippen molar-refractivity contribution in [1.29, 1.82) is 0 Å². The molecule has 2 aromatic rings. The third-order valence-corrected chi connectivity index (χ3v) is 6.35. The van der Waals surface area contributed by atoms with Gasteiger partial charge in [-0.1, -0.05) is 43.2 Å². The van der Waals surface area contributed by atoms with Crippen molar-refractivity contribution in [1.82, 2.24) is 9.47 Å². The molecular formula is C21H23N3O3S. The summed E-state index contributed by atoms with van der Waals surface area (Å²) in [6, 6.07) is 9.98. The lowest BCUT2D eigenvalue weighted by Gasteiger charge is -2.19. The van der Waals surface area contributed by atoms with Gasteiger partial charge >= 0.3 is 0 Å². The first-order chi connectivity index (χ1) is 13.6. The number of nitrogens with zero attached hydrogens (tertiary/aromatic N) is 3. The Morgan fingerprint density at radius 2 is 1.75 bits per heavy atom. The number of carbonyl (C=O) groups excluding carboxylic acids is 3. The Bertz CT molecular complexity index is 923. The lowest BCUT2D eigenvalue weighted by molar-refractivity contribution is -0.140. The van der Waals surface area contributed by atoms with Crippen LogP contribution in [0.5, 0.6) is 0 Å². The van der Waals surface area contributed by atoms with Crippen LogP contribution in [0, 0.1) is 11.8 Å². The lowest BCUT2D eigenvalue weighted by atomic mass is 9.81. The van der Waals surface area contributed by atoms with Crippen LogP contribution in [0.4, 0.5) is 0 Å². The molecule has 1 aromatic carbocycles. The van der Waals surface area contributed by atoms with Gasteiger partial charge in [0.2, 0.25) is 17.7 Å². The van der Waals surface area contributed by atoms with E-state index in [-0.39, 0.29) is 42.5 Å². The minimum atomic E-state index is -0.306. The molecule has 28 heavy (non-hydrogen) atoms. The molecule has 146 valence electrons. The molecule has 0 N–H and O–H groups in total. The van der Waals surface area contributed by atoms with E-state index in [1.807, 2.05) is 46.5 Å². The molecule has 1 aliphatic heterocycles. The van der Waals surface area contributed by atoms with Gasteiger partial charge in [-0.15, -0.1) is 11.3 Å². The van der Waals surface area contributed by atoms with E-state index in [4.69, 9.17) is 0 Å². The second-order valence-corrected chi connectivity index (χ2v) is 8.25. The van der Waals surface area contributed by atoms with Crippen molar-refractivity contribution in [2.75, 3.05) is 6.54 Å². The fourth-order valence-electron chi connectivity index (χ4n) is 4.11. The van der Waals surface area contributed by atoms with Crippen LogP contribution in [0.25, 0.3) is 0 Å². The Hall–Kier alpha value is -2.54. The smallest absolute Gasteiger partial charge is 0.250 e. The van der Waals surface area contributed by atoms with E-state index in [9.17, 15) is 14.4 Å². The van der Waals surface area contributed by atoms with Crippen molar-refractivity contribution in [3.63, 3.8) is 0 Å². The highest BCUT2D eigenvalue weighted by molar-refractivity contribution is 7.07. The lowest BCUT2D eigenvalue weighted by Crippen LogP contribution is -2.33. The first-order valence-electron chi connectivity index (χ1n) is 9.74. The normalized spacial score (nSPS) is 22.6. The largest absolute Gasteiger partial charge is 0.319 e. The van der Waals surface area contributed by atoms with E-state index in [1.165, 1.54) is 16.2 Å². The fraction of sp³-hybridized carbons (Fsp3) is 0.429. The highest BCUT2D eigenvalue weighted by Gasteiger charge is 2.47. The summed E-state index contributed by atoms with van der Waals surface area (Å²) in [7, 11) is 0. The minimum absolute atomic E-state index is 0.0696. The topological polar surface area (TPSA) is 71.7 Å². The van der Waals surface area contributed by atoms with Crippen molar-refractivity contribution in [2.45, 2.75) is 38.6 Å². The molecule has 0 unspecified atom stereocenters. The van der Waals surface area contributed by atoms with Gasteiger partial charge in [0.25, 0.3) is 0 Å². The maximum absolute atomic E-state index is 12.5. The third-order valence-electron chi connectivity index (χ3n) is 5.56. The van der Waals surface area contributed by atoms with Crippen LogP contribution in [0.15, 0.2) is 46.9 Å². The average molecular weight is 398 g/mol.